The minimum Gasteiger partial charge on any atom is -0.390 e. The smallest absolute Gasteiger partial charge is 0.390 e. The van der Waals surface area contributed by atoms with Crippen LogP contribution in [0.15, 0.2) is 12.7 Å². The summed E-state index contributed by atoms with van der Waals surface area (Å²) in [5, 5.41) is 9.93. The molecule has 1 fully saturated rings. The molecule has 12 heteroatoms. The molecular weight excluding hydrogens is 387 g/mol. The Kier molecular flexibility index (Phi) is 8.61. The number of aliphatic hydroxyl groups excluding tert-OH is 1. The average Bonchev–Trinajstić information content (AvgIpc) is 3.26. The molecule has 1 aliphatic rings. The summed E-state index contributed by atoms with van der Waals surface area (Å²) in [5.41, 5.74) is 6.65. The van der Waals surface area contributed by atoms with E-state index in [1.807, 2.05) is 0 Å². The van der Waals surface area contributed by atoms with Gasteiger partial charge in [0.05, 0.1) is 12.4 Å². The molecule has 3 heterocycles. The topological polar surface area (TPSA) is 149 Å². The molecule has 0 bridgehead atoms. The van der Waals surface area contributed by atoms with Crippen molar-refractivity contribution in [1.29, 1.82) is 0 Å². The van der Waals surface area contributed by atoms with Crippen LogP contribution in [0, 0.1) is 0 Å². The third-order valence-electron chi connectivity index (χ3n) is 4.59. The summed E-state index contributed by atoms with van der Waals surface area (Å²) >= 11 is 0. The largest absolute Gasteiger partial charge is 0.694 e. The van der Waals surface area contributed by atoms with E-state index in [2.05, 4.69) is 45.1 Å². The molecule has 1 unspecified atom stereocenters. The second-order valence-electron chi connectivity index (χ2n) is 6.17. The van der Waals surface area contributed by atoms with E-state index in [4.69, 9.17) is 15.4 Å². The van der Waals surface area contributed by atoms with Crippen molar-refractivity contribution in [2.75, 3.05) is 32.0 Å². The highest BCUT2D eigenvalue weighted by atomic mass is 31.1. The van der Waals surface area contributed by atoms with Crippen LogP contribution >= 0.6 is 8.25 Å². The molecule has 4 atom stereocenters. The van der Waals surface area contributed by atoms with E-state index >= 15 is 0 Å². The van der Waals surface area contributed by atoms with Crippen molar-refractivity contribution in [1.82, 2.24) is 24.4 Å². The number of nitrogens with zero attached hydrogens (tertiary/aromatic N) is 5. The van der Waals surface area contributed by atoms with Crippen LogP contribution in [0.5, 0.6) is 0 Å². The molecule has 4 N–H and O–H groups in total. The Morgan fingerprint density at radius 1 is 1.32 bits per heavy atom. The van der Waals surface area contributed by atoms with E-state index in [0.29, 0.717) is 11.2 Å². The lowest BCUT2D eigenvalue weighted by atomic mass is 10.2. The van der Waals surface area contributed by atoms with Crippen LogP contribution in [0.25, 0.3) is 11.2 Å². The van der Waals surface area contributed by atoms with Gasteiger partial charge in [0.15, 0.2) is 11.5 Å². The van der Waals surface area contributed by atoms with Gasteiger partial charge in [0.2, 0.25) is 0 Å². The Labute approximate surface area is 164 Å². The lowest BCUT2D eigenvalue weighted by molar-refractivity contribution is -0.0384. The van der Waals surface area contributed by atoms with Gasteiger partial charge in [-0.15, -0.1) is 9.42 Å². The van der Waals surface area contributed by atoms with Crippen molar-refractivity contribution < 1.29 is 23.8 Å². The van der Waals surface area contributed by atoms with E-state index in [9.17, 15) is 9.67 Å². The van der Waals surface area contributed by atoms with Gasteiger partial charge in [0.1, 0.15) is 30.8 Å². The highest BCUT2D eigenvalue weighted by Crippen LogP contribution is 2.32. The number of aliphatic hydroxyl groups is 1. The third kappa shape index (κ3) is 5.63. The minimum absolute atomic E-state index is 0.173. The molecule has 2 aromatic heterocycles. The van der Waals surface area contributed by atoms with E-state index in [1.165, 1.54) is 32.3 Å². The Morgan fingerprint density at radius 3 is 2.57 bits per heavy atom. The first-order chi connectivity index (χ1) is 13.4. The monoisotopic (exact) mass is 415 g/mol. The Hall–Kier alpha value is -1.75. The molecule has 2 aromatic rings. The zero-order valence-corrected chi connectivity index (χ0v) is 17.2. The number of imidazole rings is 1. The fraction of sp³-hybridized carbons (Fsp3) is 0.688. The predicted molar refractivity (Wildman–Crippen MR) is 104 cm³/mol. The summed E-state index contributed by atoms with van der Waals surface area (Å²) in [7, 11) is -2.72. The Balaban J connectivity index is 0.000000345. The van der Waals surface area contributed by atoms with Gasteiger partial charge in [-0.25, -0.2) is 15.0 Å². The first-order valence-corrected chi connectivity index (χ1v) is 10.3. The molecule has 0 radical (unpaired) electrons. The fourth-order valence-corrected chi connectivity index (χ4v) is 3.20. The molecule has 0 aliphatic carbocycles. The fourth-order valence-electron chi connectivity index (χ4n) is 2.92. The summed E-state index contributed by atoms with van der Waals surface area (Å²) in [6, 6.07) is 0. The number of anilines is 1. The van der Waals surface area contributed by atoms with Crippen LogP contribution < -0.4 is 5.73 Å². The molecule has 0 amide bonds. The van der Waals surface area contributed by atoms with E-state index in [-0.39, 0.29) is 18.8 Å². The van der Waals surface area contributed by atoms with E-state index in [0.717, 1.165) is 0 Å². The molecule has 1 saturated heterocycles. The molecule has 3 rings (SSSR count). The zero-order chi connectivity index (χ0) is 20.7. The molecule has 156 valence electrons. The number of hydrogen-bond acceptors (Lipinski definition) is 9. The first-order valence-electron chi connectivity index (χ1n) is 9.19. The van der Waals surface area contributed by atoms with Crippen molar-refractivity contribution in [3.05, 3.63) is 12.7 Å². The molecule has 11 nitrogen and oxygen atoms in total. The van der Waals surface area contributed by atoms with E-state index in [1.54, 1.807) is 4.57 Å². The second kappa shape index (κ2) is 10.7. The lowest BCUT2D eigenvalue weighted by Gasteiger charge is -2.13. The standard InChI is InChI=1S/C10H12N5O5P.C6H15N/c11-9-8-10(13-3-12-9)15(4-14-8)7-1-5(16)6(20-7)2-19-21(17)18;1-4-7(5-2)6-3/h3-7,16H,1-2H2,(H2-,11,12,13,17,18);4-6H2,1-3H3/p+1/t5-,6+,7+;/m0./s1. The SMILES string of the molecule is CCN(CC)CC.Nc1ncnc2c1ncn2[C@H]1C[C@H](O)[C@@H](CO[P+](=O)O)O1. The van der Waals surface area contributed by atoms with Crippen molar-refractivity contribution in [2.45, 2.75) is 45.6 Å². The van der Waals surface area contributed by atoms with Crippen LogP contribution in [0.3, 0.4) is 0 Å². The lowest BCUT2D eigenvalue weighted by Crippen LogP contribution is -2.25. The van der Waals surface area contributed by atoms with Gasteiger partial charge in [-0.1, -0.05) is 20.8 Å². The quantitative estimate of drug-likeness (QED) is 0.561. The zero-order valence-electron chi connectivity index (χ0n) is 16.3. The Bertz CT molecular complexity index is 766. The van der Waals surface area contributed by atoms with Crippen LogP contribution in [-0.2, 0) is 13.8 Å². The number of fused-ring (bicyclic) bond motifs is 1. The van der Waals surface area contributed by atoms with Gasteiger partial charge in [-0.3, -0.25) is 4.57 Å². The number of aromatic nitrogens is 4. The van der Waals surface area contributed by atoms with Crippen molar-refractivity contribution in [3.8, 4) is 0 Å². The van der Waals surface area contributed by atoms with Gasteiger partial charge < -0.3 is 20.5 Å². The number of rotatable bonds is 7. The van der Waals surface area contributed by atoms with Gasteiger partial charge in [0, 0.05) is 11.0 Å². The molecule has 0 aromatic carbocycles. The van der Waals surface area contributed by atoms with Crippen LogP contribution in [-0.4, -0.2) is 72.9 Å². The maximum Gasteiger partial charge on any atom is 0.694 e. The van der Waals surface area contributed by atoms with Crippen molar-refractivity contribution in [3.63, 3.8) is 0 Å². The van der Waals surface area contributed by atoms with Crippen molar-refractivity contribution >= 4 is 25.2 Å². The molecule has 0 spiro atoms. The summed E-state index contributed by atoms with van der Waals surface area (Å²) in [6.07, 6.45) is 1.08. The average molecular weight is 415 g/mol. The number of hydrogen-bond donors (Lipinski definition) is 3. The highest BCUT2D eigenvalue weighted by molar-refractivity contribution is 7.32. The van der Waals surface area contributed by atoms with Crippen LogP contribution in [0.1, 0.15) is 33.4 Å². The molecule has 0 saturated carbocycles. The molecule has 1 aliphatic heterocycles. The first kappa shape index (κ1) is 22.5. The number of nitrogens with two attached hydrogens (primary N) is 1. The second-order valence-corrected chi connectivity index (χ2v) is 6.90. The summed E-state index contributed by atoms with van der Waals surface area (Å²) < 4.78 is 22.4. The maximum absolute atomic E-state index is 10.5. The summed E-state index contributed by atoms with van der Waals surface area (Å²) in [4.78, 5) is 23.1. The summed E-state index contributed by atoms with van der Waals surface area (Å²) in [5.74, 6) is 0.259. The Morgan fingerprint density at radius 2 is 2.00 bits per heavy atom. The van der Waals surface area contributed by atoms with Crippen LogP contribution in [0.2, 0.25) is 0 Å². The minimum atomic E-state index is -2.72. The molecular formula is C16H28N6O5P+. The maximum atomic E-state index is 10.5. The number of ether oxygens (including phenoxy) is 1. The highest BCUT2D eigenvalue weighted by Gasteiger charge is 2.37. The van der Waals surface area contributed by atoms with Crippen molar-refractivity contribution in [2.24, 2.45) is 0 Å². The predicted octanol–water partition coefficient (Wildman–Crippen LogP) is 1.07. The van der Waals surface area contributed by atoms with Gasteiger partial charge in [-0.05, 0) is 19.6 Å². The number of nitrogen functional groups attached to an aromatic ring is 1. The van der Waals surface area contributed by atoms with Gasteiger partial charge >= 0.3 is 8.25 Å². The van der Waals surface area contributed by atoms with Gasteiger partial charge in [-0.2, -0.15) is 0 Å². The van der Waals surface area contributed by atoms with Crippen LogP contribution in [0.4, 0.5) is 5.82 Å². The van der Waals surface area contributed by atoms with E-state index < -0.39 is 26.7 Å². The normalized spacial score (nSPS) is 22.4. The third-order valence-corrected chi connectivity index (χ3v) is 4.96. The summed E-state index contributed by atoms with van der Waals surface area (Å²) in [6.45, 7) is 9.95. The van der Waals surface area contributed by atoms with Gasteiger partial charge in [0.25, 0.3) is 0 Å². The molecule has 28 heavy (non-hydrogen) atoms.